The van der Waals surface area contributed by atoms with Gasteiger partial charge in [0.15, 0.2) is 0 Å². The van der Waals surface area contributed by atoms with Gasteiger partial charge in [-0.15, -0.1) is 79.9 Å². The van der Waals surface area contributed by atoms with Gasteiger partial charge in [-0.25, -0.2) is 9.80 Å². The summed E-state index contributed by atoms with van der Waals surface area (Å²) in [6.07, 6.45) is 9.96. The molecule has 36 nitrogen and oxygen atoms in total. The number of hydrogen-bond donors (Lipinski definition) is 3. The number of carboxylic acid groups (broad SMARTS) is 1. The molecule has 554 valence electrons. The smallest absolute Gasteiger partial charge is 0.339 e. The number of aromatic nitrogens is 25. The molecule has 0 saturated carbocycles. The summed E-state index contributed by atoms with van der Waals surface area (Å²) in [4.78, 5) is 49.9. The van der Waals surface area contributed by atoms with Gasteiger partial charge < -0.3 is 34.9 Å². The number of aromatic carboxylic acids is 1. The molecule has 0 radical (unpaired) electrons. The van der Waals surface area contributed by atoms with E-state index in [9.17, 15) is 14.8 Å². The van der Waals surface area contributed by atoms with Crippen LogP contribution in [0.2, 0.25) is 0 Å². The fourth-order valence-corrected chi connectivity index (χ4v) is 11.1. The first kappa shape index (κ1) is 75.4. The number of carbonyl (C=O) groups is 1. The Morgan fingerprint density at radius 3 is 1.15 bits per heavy atom. The molecule has 0 aliphatic carbocycles. The summed E-state index contributed by atoms with van der Waals surface area (Å²) in [6.45, 7) is 4.59. The average Bonchev–Trinajstić information content (AvgIpc) is 1.59. The Hall–Kier alpha value is -14.3. The fourth-order valence-electron chi connectivity index (χ4n) is 10.6. The number of nitrogens with zero attached hydrogens (tertiary/aromatic N) is 27. The zero-order chi connectivity index (χ0) is 76.9. The van der Waals surface area contributed by atoms with Gasteiger partial charge in [-0.3, -0.25) is 24.9 Å². The summed E-state index contributed by atoms with van der Waals surface area (Å²) in [5.74, 6) is 3.49. The summed E-state index contributed by atoms with van der Waals surface area (Å²) in [5.41, 5.74) is 16.1. The third kappa shape index (κ3) is 18.3. The van der Waals surface area contributed by atoms with Crippen LogP contribution < -0.4 is 29.7 Å². The monoisotopic (exact) mass is 1540 g/mol. The van der Waals surface area contributed by atoms with Crippen molar-refractivity contribution in [1.82, 2.24) is 126 Å². The van der Waals surface area contributed by atoms with Gasteiger partial charge in [0.1, 0.15) is 57.0 Å². The minimum absolute atomic E-state index is 0.0660. The maximum absolute atomic E-state index is 11.1. The topological polar surface area (TPSA) is 436 Å². The van der Waals surface area contributed by atoms with E-state index in [1.807, 2.05) is 133 Å². The molecule has 110 heavy (non-hydrogen) atoms. The largest absolute Gasteiger partial charge is 0.496 e. The Kier molecular flexibility index (Phi) is 24.4. The number of halogens is 1. The molecule has 15 aromatic rings. The Labute approximate surface area is 634 Å². The number of tetrazole rings is 5. The fraction of sp³-hybridized carbons (Fsp3) is 0.164. The van der Waals surface area contributed by atoms with Crippen molar-refractivity contribution < 1.29 is 34.0 Å². The molecule has 16 rings (SSSR count). The number of nitrogens with two attached hydrogens (primary N) is 1. The summed E-state index contributed by atoms with van der Waals surface area (Å²) >= 11 is 3.43. The van der Waals surface area contributed by atoms with Crippen molar-refractivity contribution in [2.45, 2.75) is 37.6 Å². The van der Waals surface area contributed by atoms with Crippen LogP contribution in [0.3, 0.4) is 0 Å². The quantitative estimate of drug-likeness (QED) is 0.0473. The molecule has 0 amide bonds. The van der Waals surface area contributed by atoms with Gasteiger partial charge >= 0.3 is 5.97 Å². The molecule has 0 saturated heterocycles. The Bertz CT molecular complexity index is 5540. The molecule has 10 aromatic heterocycles. The van der Waals surface area contributed by atoms with Gasteiger partial charge in [0, 0.05) is 78.3 Å². The van der Waals surface area contributed by atoms with Crippen LogP contribution in [0.15, 0.2) is 218 Å². The first-order valence-corrected chi connectivity index (χ1v) is 34.5. The standard InChI is InChI=1S/C16H17N5O2.C15H16N6O.C14H12BrN5O.C14H11N7O.C14H11N5O3/c1-16(2,22)12-8-7-11(10-14(12)23-3)21-19-15(18-20-21)13-6-4-5-9-17-13;1-22-14-10-12(6-5-11(14)7-8-16)21-19-15(18-20-21)13-4-2-3-9-17-13;1-21-13-8-11(6-5-10(13)9-15)20-18-14(17-19-20)12-4-2-3-7-16-12;22-19-20-8-6-10-4-5-11(9-13(10)20)21-17-14(16-18-21)12-3-1-2-7-15-12;1-22-12-8-9(5-6-10(12)14(20)21)19-17-13(16-18-19)11-4-2-3-7-15-11/h4-10,22H,1-3H3;2-6,9-10H,7-8,16H2,1H3;2-8H,9H2,1H3;1-5,7,9H,6,8H2;2-8H,1H3,(H,20,21). The minimum atomic E-state index is -1.07. The van der Waals surface area contributed by atoms with Crippen LogP contribution in [0.5, 0.6) is 23.0 Å². The summed E-state index contributed by atoms with van der Waals surface area (Å²) in [7, 11) is 6.23. The predicted molar refractivity (Wildman–Crippen MR) is 403 cm³/mol. The third-order valence-electron chi connectivity index (χ3n) is 16.1. The van der Waals surface area contributed by atoms with Gasteiger partial charge in [0.05, 0.1) is 73.5 Å². The molecule has 5 aromatic carbocycles. The third-order valence-corrected chi connectivity index (χ3v) is 16.7. The highest BCUT2D eigenvalue weighted by Crippen LogP contribution is 2.33. The van der Waals surface area contributed by atoms with Gasteiger partial charge in [0.25, 0.3) is 0 Å². The lowest BCUT2D eigenvalue weighted by Gasteiger charge is -2.21. The second-order valence-electron chi connectivity index (χ2n) is 23.7. The number of rotatable bonds is 20. The van der Waals surface area contributed by atoms with Crippen molar-refractivity contribution in [1.29, 1.82) is 0 Å². The zero-order valence-corrected chi connectivity index (χ0v) is 61.2. The van der Waals surface area contributed by atoms with Gasteiger partial charge in [-0.05, 0) is 174 Å². The van der Waals surface area contributed by atoms with Crippen molar-refractivity contribution >= 4 is 27.6 Å². The second-order valence-corrected chi connectivity index (χ2v) is 24.2. The molecule has 1 aliphatic heterocycles. The van der Waals surface area contributed by atoms with E-state index in [0.29, 0.717) is 93.4 Å². The van der Waals surface area contributed by atoms with Gasteiger partial charge in [0.2, 0.25) is 29.1 Å². The summed E-state index contributed by atoms with van der Waals surface area (Å²) in [5, 5.41) is 86.2. The molecular formula is C73H67BrN28O8. The molecule has 0 bridgehead atoms. The number of carboxylic acids is 1. The number of nitroso groups, excluding NO2 is 1. The van der Waals surface area contributed by atoms with Crippen LogP contribution in [0, 0.1) is 4.91 Å². The van der Waals surface area contributed by atoms with E-state index in [1.54, 1.807) is 103 Å². The number of anilines is 1. The first-order valence-electron chi connectivity index (χ1n) is 33.4. The van der Waals surface area contributed by atoms with Crippen LogP contribution in [-0.4, -0.2) is 184 Å². The lowest BCUT2D eigenvalue weighted by Crippen LogP contribution is -2.17. The normalized spacial score (nSPS) is 11.3. The number of hydrogen-bond acceptors (Lipinski definition) is 29. The maximum atomic E-state index is 11.1. The molecule has 0 atom stereocenters. The highest BCUT2D eigenvalue weighted by atomic mass is 79.9. The SMILES string of the molecule is COc1cc(-n2nnc(-c3ccccn3)n2)ccc1C(=O)O.COc1cc(-n2nnc(-c3ccccn3)n2)ccc1C(C)(C)O.COc1cc(-n2nnc(-c3ccccn3)n2)ccc1CBr.COc1cc(-n2nnc(-c3ccccn3)n2)ccc1CCN.O=NN1CCc2ccc(-n3nnc(-c4ccccn4)n3)cc21. The van der Waals surface area contributed by atoms with E-state index in [4.69, 9.17) is 29.8 Å². The van der Waals surface area contributed by atoms with Crippen LogP contribution in [0.1, 0.15) is 46.5 Å². The van der Waals surface area contributed by atoms with E-state index in [2.05, 4.69) is 123 Å². The van der Waals surface area contributed by atoms with Crippen molar-refractivity contribution in [2.75, 3.05) is 46.5 Å². The van der Waals surface area contributed by atoms with Crippen LogP contribution in [-0.2, 0) is 23.8 Å². The highest BCUT2D eigenvalue weighted by molar-refractivity contribution is 9.08. The maximum Gasteiger partial charge on any atom is 0.339 e. The van der Waals surface area contributed by atoms with Crippen molar-refractivity contribution in [3.8, 4) is 109 Å². The number of fused-ring (bicyclic) bond motifs is 1. The molecule has 0 unspecified atom stereocenters. The second kappa shape index (κ2) is 35.6. The number of ether oxygens (including phenoxy) is 4. The summed E-state index contributed by atoms with van der Waals surface area (Å²) in [6, 6.07) is 54.7. The van der Waals surface area contributed by atoms with E-state index >= 15 is 0 Å². The Morgan fingerprint density at radius 2 is 0.809 bits per heavy atom. The molecule has 1 aliphatic rings. The number of alkyl halides is 1. The van der Waals surface area contributed by atoms with Crippen molar-refractivity contribution in [3.63, 3.8) is 0 Å². The molecule has 37 heteroatoms. The van der Waals surface area contributed by atoms with Gasteiger partial charge in [-0.2, -0.15) is 0 Å². The van der Waals surface area contributed by atoms with Crippen molar-refractivity contribution in [2.24, 2.45) is 11.0 Å². The minimum Gasteiger partial charge on any atom is -0.496 e. The predicted octanol–water partition coefficient (Wildman–Crippen LogP) is 9.02. The number of benzene rings is 5. The van der Waals surface area contributed by atoms with E-state index in [1.165, 1.54) is 48.2 Å². The Balaban J connectivity index is 0.000000128. The van der Waals surface area contributed by atoms with Crippen molar-refractivity contribution in [3.05, 3.63) is 246 Å². The molecule has 11 heterocycles. The average molecular weight is 1540 g/mol. The molecular weight excluding hydrogens is 1480 g/mol. The number of pyridine rings is 5. The lowest BCUT2D eigenvalue weighted by molar-refractivity contribution is 0.0692. The van der Waals surface area contributed by atoms with Gasteiger partial charge in [-0.1, -0.05) is 70.5 Å². The molecule has 0 fully saturated rings. The summed E-state index contributed by atoms with van der Waals surface area (Å²) < 4.78 is 21.2. The van der Waals surface area contributed by atoms with E-state index in [-0.39, 0.29) is 11.3 Å². The zero-order valence-electron chi connectivity index (χ0n) is 59.6. The van der Waals surface area contributed by atoms with E-state index < -0.39 is 11.6 Å². The van der Waals surface area contributed by atoms with Crippen LogP contribution >= 0.6 is 15.9 Å². The molecule has 4 N–H and O–H groups in total. The first-order chi connectivity index (χ1) is 53.6. The van der Waals surface area contributed by atoms with E-state index in [0.717, 1.165) is 69.1 Å². The Morgan fingerprint density at radius 1 is 0.464 bits per heavy atom. The molecule has 0 spiro atoms. The lowest BCUT2D eigenvalue weighted by atomic mass is 9.97. The van der Waals surface area contributed by atoms with Crippen LogP contribution in [0.4, 0.5) is 5.69 Å². The highest BCUT2D eigenvalue weighted by Gasteiger charge is 2.24. The number of methoxy groups -OCH3 is 4. The van der Waals surface area contributed by atoms with Crippen LogP contribution in [0.25, 0.3) is 86.0 Å². The number of aliphatic hydroxyl groups is 1.